The maximum absolute atomic E-state index is 12.4. The summed E-state index contributed by atoms with van der Waals surface area (Å²) < 4.78 is 4.47. The molecule has 0 atom stereocenters. The van der Waals surface area contributed by atoms with Crippen molar-refractivity contribution in [1.29, 1.82) is 0 Å². The lowest BCUT2D eigenvalue weighted by Gasteiger charge is -2.16. The molecule has 6 N–H and O–H groups in total. The monoisotopic (exact) mass is 860 g/mol. The first kappa shape index (κ1) is 39.4. The average molecular weight is 863 g/mol. The summed E-state index contributed by atoms with van der Waals surface area (Å²) in [6.45, 7) is 7.52. The van der Waals surface area contributed by atoms with Crippen LogP contribution in [0.4, 0.5) is 11.4 Å². The van der Waals surface area contributed by atoms with Crippen LogP contribution in [0.1, 0.15) is 48.7 Å². The van der Waals surface area contributed by atoms with E-state index < -0.39 is 17.2 Å². The lowest BCUT2D eigenvalue weighted by molar-refractivity contribution is 0.0572. The van der Waals surface area contributed by atoms with Gasteiger partial charge < -0.3 is 26.4 Å². The van der Waals surface area contributed by atoms with Crippen LogP contribution in [-0.4, -0.2) is 77.9 Å². The Kier molecular flexibility index (Phi) is 13.3. The standard InChI is InChI=1S/C16H16BrN5O2S.C12H16N4O.C4H2BrNO2S/c1-16(2,24)9-22-7-11(13(21-22)10-5-3-4-6-18-10)19-14(23)12-8-25-15(17)20-12;1-12(2,17)8-16-7-9(13)11(15-16)10-5-3-4-6-14-10;5-4-6-2(1-9-4)3(7)8/h3-8,24H,9H2,1-2H3,(H,19,23);3-7,17H,8,13H2,1-2H3;1H,(H,7,8). The average Bonchev–Trinajstić information content (AvgIpc) is 3.85. The molecule has 0 aliphatic carbocycles. The van der Waals surface area contributed by atoms with E-state index in [1.165, 1.54) is 28.1 Å². The van der Waals surface area contributed by atoms with E-state index in [0.29, 0.717) is 48.5 Å². The predicted octanol–water partition coefficient (Wildman–Crippen LogP) is 6.09. The zero-order valence-electron chi connectivity index (χ0n) is 27.7. The molecule has 0 aliphatic heterocycles. The number of nitrogens with one attached hydrogen (secondary N) is 1. The van der Waals surface area contributed by atoms with Crippen molar-refractivity contribution < 1.29 is 24.9 Å². The Hall–Kier alpha value is -4.40. The largest absolute Gasteiger partial charge is 0.476 e. The number of carboxylic acids is 1. The third-order valence-electron chi connectivity index (χ3n) is 6.12. The smallest absolute Gasteiger partial charge is 0.355 e. The number of aliphatic hydroxyl groups is 2. The van der Waals surface area contributed by atoms with Gasteiger partial charge in [0.2, 0.25) is 0 Å². The number of thiazole rings is 2. The molecule has 0 saturated heterocycles. The highest BCUT2D eigenvalue weighted by molar-refractivity contribution is 9.11. The summed E-state index contributed by atoms with van der Waals surface area (Å²) in [6, 6.07) is 11.0. The van der Waals surface area contributed by atoms with Crippen LogP contribution in [0.25, 0.3) is 22.8 Å². The highest BCUT2D eigenvalue weighted by atomic mass is 79.9. The van der Waals surface area contributed by atoms with Crippen molar-refractivity contribution in [2.75, 3.05) is 11.1 Å². The van der Waals surface area contributed by atoms with Gasteiger partial charge in [-0.2, -0.15) is 10.2 Å². The molecule has 0 unspecified atom stereocenters. The van der Waals surface area contributed by atoms with Gasteiger partial charge in [0.25, 0.3) is 5.91 Å². The molecular weight excluding hydrogens is 828 g/mol. The molecule has 6 heterocycles. The lowest BCUT2D eigenvalue weighted by atomic mass is 10.1. The van der Waals surface area contributed by atoms with E-state index in [0.717, 1.165) is 5.69 Å². The number of halogens is 2. The van der Waals surface area contributed by atoms with E-state index in [9.17, 15) is 19.8 Å². The molecule has 268 valence electrons. The molecule has 15 nitrogen and oxygen atoms in total. The SMILES string of the molecule is CC(C)(O)Cn1cc(N)c(-c2ccccn2)n1.CC(C)(O)Cn1cc(NC(=O)c2csc(Br)n2)c(-c2ccccn2)n1.O=C(O)c1csc(Br)n1. The third-order valence-corrected chi connectivity index (χ3v) is 8.85. The molecule has 1 amide bonds. The molecule has 19 heteroatoms. The van der Waals surface area contributed by atoms with Crippen molar-refractivity contribution >= 4 is 77.8 Å². The van der Waals surface area contributed by atoms with Gasteiger partial charge in [-0.15, -0.1) is 22.7 Å². The second-order valence-corrected chi connectivity index (χ2v) is 16.3. The fourth-order valence-corrected chi connectivity index (χ4v) is 6.17. The molecule has 0 bridgehead atoms. The molecular formula is C32H34Br2N10O5S2. The molecule has 0 saturated carbocycles. The first-order chi connectivity index (χ1) is 24.0. The minimum absolute atomic E-state index is 0.0897. The van der Waals surface area contributed by atoms with Gasteiger partial charge in [0.05, 0.1) is 47.1 Å². The van der Waals surface area contributed by atoms with Gasteiger partial charge in [0.1, 0.15) is 17.1 Å². The number of carboxylic acid groups (broad SMARTS) is 1. The van der Waals surface area contributed by atoms with E-state index in [2.05, 4.69) is 67.3 Å². The summed E-state index contributed by atoms with van der Waals surface area (Å²) in [7, 11) is 0. The molecule has 51 heavy (non-hydrogen) atoms. The lowest BCUT2D eigenvalue weighted by Crippen LogP contribution is -2.26. The fraction of sp³-hybridized carbons (Fsp3) is 0.250. The second-order valence-electron chi connectivity index (χ2n) is 12.0. The number of nitrogens with zero attached hydrogens (tertiary/aromatic N) is 8. The first-order valence-electron chi connectivity index (χ1n) is 14.9. The van der Waals surface area contributed by atoms with Gasteiger partial charge in [0, 0.05) is 35.5 Å². The minimum Gasteiger partial charge on any atom is -0.476 e. The Bertz CT molecular complexity index is 2050. The zero-order valence-corrected chi connectivity index (χ0v) is 32.5. The number of amides is 1. The van der Waals surface area contributed by atoms with E-state index in [1.54, 1.807) is 67.2 Å². The first-order valence-corrected chi connectivity index (χ1v) is 18.3. The molecule has 6 aromatic rings. The molecule has 6 aromatic heterocycles. The maximum atomic E-state index is 12.4. The summed E-state index contributed by atoms with van der Waals surface area (Å²) in [6.07, 6.45) is 6.75. The van der Waals surface area contributed by atoms with Gasteiger partial charge in [-0.3, -0.25) is 24.1 Å². The Morgan fingerprint density at radius 1 is 0.804 bits per heavy atom. The zero-order chi connectivity index (χ0) is 37.3. The Labute approximate surface area is 317 Å². The van der Waals surface area contributed by atoms with Gasteiger partial charge >= 0.3 is 5.97 Å². The summed E-state index contributed by atoms with van der Waals surface area (Å²) in [4.78, 5) is 38.8. The van der Waals surface area contributed by atoms with Crippen LogP contribution in [0, 0.1) is 0 Å². The highest BCUT2D eigenvalue weighted by Crippen LogP contribution is 2.27. The van der Waals surface area contributed by atoms with Crippen LogP contribution in [0.15, 0.2) is 79.8 Å². The quantitative estimate of drug-likeness (QED) is 0.112. The summed E-state index contributed by atoms with van der Waals surface area (Å²) >= 11 is 8.88. The van der Waals surface area contributed by atoms with Crippen LogP contribution in [0.5, 0.6) is 0 Å². The molecule has 0 aliphatic rings. The normalized spacial score (nSPS) is 11.2. The van der Waals surface area contributed by atoms with Crippen molar-refractivity contribution in [3.63, 3.8) is 0 Å². The van der Waals surface area contributed by atoms with Crippen LogP contribution < -0.4 is 11.1 Å². The third kappa shape index (κ3) is 12.4. The van der Waals surface area contributed by atoms with E-state index in [1.807, 2.05) is 36.4 Å². The van der Waals surface area contributed by atoms with Crippen LogP contribution in [0.2, 0.25) is 0 Å². The number of pyridine rings is 2. The van der Waals surface area contributed by atoms with Crippen molar-refractivity contribution in [2.24, 2.45) is 0 Å². The number of aromatic nitrogens is 8. The number of carbonyl (C=O) groups is 2. The summed E-state index contributed by atoms with van der Waals surface area (Å²) in [5.41, 5.74) is 8.16. The molecule has 6 rings (SSSR count). The van der Waals surface area contributed by atoms with E-state index in [4.69, 9.17) is 10.8 Å². The molecule has 0 radical (unpaired) electrons. The number of aromatic carboxylic acids is 1. The summed E-state index contributed by atoms with van der Waals surface area (Å²) in [5, 5.41) is 42.8. The topological polar surface area (TPSA) is 220 Å². The number of anilines is 2. The van der Waals surface area contributed by atoms with Gasteiger partial charge in [-0.05, 0) is 83.8 Å². The van der Waals surface area contributed by atoms with E-state index in [-0.39, 0.29) is 18.1 Å². The van der Waals surface area contributed by atoms with Crippen LogP contribution >= 0.6 is 54.5 Å². The summed E-state index contributed by atoms with van der Waals surface area (Å²) in [5.74, 6) is -1.32. The molecule has 0 fully saturated rings. The second kappa shape index (κ2) is 17.2. The van der Waals surface area contributed by atoms with E-state index >= 15 is 0 Å². The molecule has 0 spiro atoms. The number of nitrogen functional groups attached to an aromatic ring is 1. The number of hydrogen-bond donors (Lipinski definition) is 5. The Morgan fingerprint density at radius 2 is 1.29 bits per heavy atom. The van der Waals surface area contributed by atoms with Crippen molar-refractivity contribution in [3.8, 4) is 22.8 Å². The Morgan fingerprint density at radius 3 is 1.73 bits per heavy atom. The van der Waals surface area contributed by atoms with Crippen molar-refractivity contribution in [1.82, 2.24) is 39.5 Å². The fourth-order valence-electron chi connectivity index (χ4n) is 4.19. The van der Waals surface area contributed by atoms with Gasteiger partial charge in [-0.1, -0.05) is 12.1 Å². The minimum atomic E-state index is -0.989. The van der Waals surface area contributed by atoms with Crippen molar-refractivity contribution in [2.45, 2.75) is 52.0 Å². The number of nitrogens with two attached hydrogens (primary N) is 1. The number of carbonyl (C=O) groups excluding carboxylic acids is 1. The highest BCUT2D eigenvalue weighted by Gasteiger charge is 2.21. The predicted molar refractivity (Wildman–Crippen MR) is 202 cm³/mol. The number of rotatable bonds is 9. The molecule has 0 aromatic carbocycles. The maximum Gasteiger partial charge on any atom is 0.355 e. The van der Waals surface area contributed by atoms with Crippen LogP contribution in [0.3, 0.4) is 0 Å². The Balaban J connectivity index is 0.000000192. The van der Waals surface area contributed by atoms with Crippen LogP contribution in [-0.2, 0) is 13.1 Å². The van der Waals surface area contributed by atoms with Crippen molar-refractivity contribution in [3.05, 3.63) is 91.2 Å². The number of hydrogen-bond acceptors (Lipinski definition) is 13. The van der Waals surface area contributed by atoms with Gasteiger partial charge in [-0.25, -0.2) is 14.8 Å². The van der Waals surface area contributed by atoms with Gasteiger partial charge in [0.15, 0.2) is 13.5 Å².